The number of rotatable bonds is 5. The lowest BCUT2D eigenvalue weighted by Gasteiger charge is -2.06. The van der Waals surface area contributed by atoms with E-state index < -0.39 is 0 Å². The molecule has 0 aliphatic carbocycles. The van der Waals surface area contributed by atoms with Gasteiger partial charge >= 0.3 is 0 Å². The summed E-state index contributed by atoms with van der Waals surface area (Å²) in [6.07, 6.45) is 9.28. The third kappa shape index (κ3) is 3.09. The van der Waals surface area contributed by atoms with Crippen LogP contribution in [0.2, 0.25) is 0 Å². The third-order valence-electron chi connectivity index (χ3n) is 2.94. The van der Waals surface area contributed by atoms with Crippen LogP contribution in [0.3, 0.4) is 0 Å². The molecule has 0 fully saturated rings. The van der Waals surface area contributed by atoms with E-state index in [2.05, 4.69) is 34.1 Å². The smallest absolute Gasteiger partial charge is 0.116 e. The molecule has 0 saturated heterocycles. The molecular weight excluding hydrogens is 214 g/mol. The predicted octanol–water partition coefficient (Wildman–Crippen LogP) is 2.17. The minimum Gasteiger partial charge on any atom is -0.252 e. The van der Waals surface area contributed by atoms with Gasteiger partial charge in [-0.15, -0.1) is 5.10 Å². The average Bonchev–Trinajstić information content (AvgIpc) is 2.86. The molecule has 5 heteroatoms. The van der Waals surface area contributed by atoms with Crippen LogP contribution in [0.5, 0.6) is 0 Å². The Morgan fingerprint density at radius 1 is 1.29 bits per heavy atom. The van der Waals surface area contributed by atoms with Gasteiger partial charge in [0.2, 0.25) is 0 Å². The second kappa shape index (κ2) is 5.52. The largest absolute Gasteiger partial charge is 0.252 e. The Morgan fingerprint density at radius 3 is 2.76 bits per heavy atom. The number of aromatic nitrogens is 5. The van der Waals surface area contributed by atoms with Crippen molar-refractivity contribution < 1.29 is 0 Å². The molecule has 0 aromatic carbocycles. The Balaban J connectivity index is 2.01. The van der Waals surface area contributed by atoms with E-state index in [1.165, 1.54) is 12.7 Å². The van der Waals surface area contributed by atoms with Crippen molar-refractivity contribution in [2.75, 3.05) is 0 Å². The first kappa shape index (κ1) is 11.7. The fourth-order valence-electron chi connectivity index (χ4n) is 1.53. The number of aryl methyl sites for hydroxylation is 1. The van der Waals surface area contributed by atoms with Crippen molar-refractivity contribution in [1.82, 2.24) is 25.0 Å². The maximum Gasteiger partial charge on any atom is 0.116 e. The molecule has 0 aliphatic rings. The summed E-state index contributed by atoms with van der Waals surface area (Å²) < 4.78 is 1.88. The van der Waals surface area contributed by atoms with Gasteiger partial charge in [0.05, 0.1) is 6.20 Å². The molecule has 0 spiro atoms. The van der Waals surface area contributed by atoms with Crippen LogP contribution in [0.1, 0.15) is 26.7 Å². The topological polar surface area (TPSA) is 56.5 Å². The Kier molecular flexibility index (Phi) is 3.80. The number of nitrogens with zero attached hydrogens (tertiary/aromatic N) is 5. The summed E-state index contributed by atoms with van der Waals surface area (Å²) in [5, 5.41) is 8.23. The highest BCUT2D eigenvalue weighted by Gasteiger charge is 2.05. The Bertz CT molecular complexity index is 451. The van der Waals surface area contributed by atoms with E-state index in [1.54, 1.807) is 12.4 Å². The minimum atomic E-state index is 0.725. The summed E-state index contributed by atoms with van der Waals surface area (Å²) in [4.78, 5) is 7.94. The molecule has 17 heavy (non-hydrogen) atoms. The van der Waals surface area contributed by atoms with Gasteiger partial charge in [-0.25, -0.2) is 9.97 Å². The maximum absolute atomic E-state index is 4.12. The number of hydrogen-bond acceptors (Lipinski definition) is 4. The fraction of sp³-hybridized carbons (Fsp3) is 0.500. The van der Waals surface area contributed by atoms with E-state index in [0.29, 0.717) is 0 Å². The van der Waals surface area contributed by atoms with Crippen molar-refractivity contribution in [2.45, 2.75) is 33.2 Å². The van der Waals surface area contributed by atoms with Gasteiger partial charge in [0, 0.05) is 24.5 Å². The van der Waals surface area contributed by atoms with E-state index >= 15 is 0 Å². The van der Waals surface area contributed by atoms with Gasteiger partial charge in [-0.3, -0.25) is 4.68 Å². The molecule has 1 unspecified atom stereocenters. The molecule has 5 nitrogen and oxygen atoms in total. The van der Waals surface area contributed by atoms with Gasteiger partial charge in [0.15, 0.2) is 0 Å². The van der Waals surface area contributed by atoms with E-state index in [9.17, 15) is 0 Å². The molecular formula is C12H17N5. The lowest BCUT2D eigenvalue weighted by Crippen LogP contribution is -2.03. The lowest BCUT2D eigenvalue weighted by molar-refractivity contribution is 0.443. The summed E-state index contributed by atoms with van der Waals surface area (Å²) in [6, 6.07) is 0. The normalized spacial score (nSPS) is 12.6. The van der Waals surface area contributed by atoms with Crippen molar-refractivity contribution in [2.24, 2.45) is 5.92 Å². The van der Waals surface area contributed by atoms with E-state index in [1.807, 2.05) is 10.9 Å². The monoisotopic (exact) mass is 231 g/mol. The van der Waals surface area contributed by atoms with Gasteiger partial charge in [0.1, 0.15) is 12.0 Å². The molecule has 0 amide bonds. The molecule has 0 N–H and O–H groups in total. The van der Waals surface area contributed by atoms with Crippen LogP contribution in [0.25, 0.3) is 11.3 Å². The zero-order chi connectivity index (χ0) is 12.1. The zero-order valence-corrected chi connectivity index (χ0v) is 10.2. The molecule has 1 atom stereocenters. The van der Waals surface area contributed by atoms with Crippen LogP contribution in [0.15, 0.2) is 24.9 Å². The van der Waals surface area contributed by atoms with Crippen LogP contribution in [-0.2, 0) is 6.54 Å². The van der Waals surface area contributed by atoms with Crippen LogP contribution >= 0.6 is 0 Å². The molecule has 0 radical (unpaired) electrons. The van der Waals surface area contributed by atoms with Gasteiger partial charge in [-0.05, 0) is 12.3 Å². The van der Waals surface area contributed by atoms with Crippen LogP contribution in [0.4, 0.5) is 0 Å². The van der Waals surface area contributed by atoms with E-state index in [0.717, 1.165) is 30.1 Å². The van der Waals surface area contributed by atoms with Gasteiger partial charge in [-0.2, -0.15) is 0 Å². The second-order valence-electron chi connectivity index (χ2n) is 4.30. The molecule has 2 heterocycles. The van der Waals surface area contributed by atoms with Gasteiger partial charge in [-0.1, -0.05) is 25.5 Å². The molecule has 0 saturated carbocycles. The summed E-state index contributed by atoms with van der Waals surface area (Å²) in [7, 11) is 0. The Labute approximate surface area is 101 Å². The zero-order valence-electron chi connectivity index (χ0n) is 10.2. The second-order valence-corrected chi connectivity index (χ2v) is 4.30. The summed E-state index contributed by atoms with van der Waals surface area (Å²) >= 11 is 0. The third-order valence-corrected chi connectivity index (χ3v) is 2.94. The summed E-state index contributed by atoms with van der Waals surface area (Å²) in [5.41, 5.74) is 1.73. The predicted molar refractivity (Wildman–Crippen MR) is 65.1 cm³/mol. The lowest BCUT2D eigenvalue weighted by atomic mass is 10.1. The quantitative estimate of drug-likeness (QED) is 0.791. The van der Waals surface area contributed by atoms with Gasteiger partial charge in [0.25, 0.3) is 0 Å². The molecule has 2 aromatic heterocycles. The molecule has 2 rings (SSSR count). The first-order valence-electron chi connectivity index (χ1n) is 5.95. The fourth-order valence-corrected chi connectivity index (χ4v) is 1.53. The maximum atomic E-state index is 4.12. The number of hydrogen-bond donors (Lipinski definition) is 0. The van der Waals surface area contributed by atoms with Crippen LogP contribution in [-0.4, -0.2) is 25.0 Å². The average molecular weight is 231 g/mol. The van der Waals surface area contributed by atoms with Crippen molar-refractivity contribution in [1.29, 1.82) is 0 Å². The first-order chi connectivity index (χ1) is 8.29. The SMILES string of the molecule is CCC(C)CCn1cc(-c2cncnc2)nn1. The highest BCUT2D eigenvalue weighted by atomic mass is 15.4. The van der Waals surface area contributed by atoms with E-state index in [-0.39, 0.29) is 0 Å². The van der Waals surface area contributed by atoms with Crippen LogP contribution < -0.4 is 0 Å². The van der Waals surface area contributed by atoms with Crippen LogP contribution in [0, 0.1) is 5.92 Å². The highest BCUT2D eigenvalue weighted by molar-refractivity contribution is 5.54. The Hall–Kier alpha value is -1.78. The summed E-state index contributed by atoms with van der Waals surface area (Å²) in [5.74, 6) is 0.725. The standard InChI is InChI=1S/C12H17N5/c1-3-10(2)4-5-17-8-12(15-16-17)11-6-13-9-14-7-11/h6-10H,3-5H2,1-2H3. The van der Waals surface area contributed by atoms with Crippen molar-refractivity contribution >= 4 is 0 Å². The first-order valence-corrected chi connectivity index (χ1v) is 5.95. The Morgan fingerprint density at radius 2 is 2.06 bits per heavy atom. The molecule has 2 aromatic rings. The van der Waals surface area contributed by atoms with Gasteiger partial charge < -0.3 is 0 Å². The van der Waals surface area contributed by atoms with Crippen molar-refractivity contribution in [3.8, 4) is 11.3 Å². The molecule has 90 valence electrons. The van der Waals surface area contributed by atoms with E-state index in [4.69, 9.17) is 0 Å². The minimum absolute atomic E-state index is 0.725. The highest BCUT2D eigenvalue weighted by Crippen LogP contribution is 2.13. The van der Waals surface area contributed by atoms with Crippen molar-refractivity contribution in [3.05, 3.63) is 24.9 Å². The molecule has 0 bridgehead atoms. The summed E-state index contributed by atoms with van der Waals surface area (Å²) in [6.45, 7) is 5.37. The van der Waals surface area contributed by atoms with Crippen molar-refractivity contribution in [3.63, 3.8) is 0 Å². The molecule has 0 aliphatic heterocycles.